The summed E-state index contributed by atoms with van der Waals surface area (Å²) >= 11 is 0. The highest BCUT2D eigenvalue weighted by Gasteiger charge is 2.34. The summed E-state index contributed by atoms with van der Waals surface area (Å²) < 4.78 is 23.0. The first-order chi connectivity index (χ1) is 7.07. The first-order valence-corrected chi connectivity index (χ1v) is 7.95. The zero-order chi connectivity index (χ0) is 10.9. The number of sulfone groups is 1. The standard InChI is InChI=1S/C11H21NO2S/c1-15(13,14)11-4-2-3-10(11)12-8-7-9-5-6-9/h9-12H,2-8H2,1H3. The quantitative estimate of drug-likeness (QED) is 0.776. The molecule has 0 saturated heterocycles. The van der Waals surface area contributed by atoms with Crippen LogP contribution in [0.3, 0.4) is 0 Å². The summed E-state index contributed by atoms with van der Waals surface area (Å²) in [6.07, 6.45) is 8.29. The van der Waals surface area contributed by atoms with Gasteiger partial charge >= 0.3 is 0 Å². The van der Waals surface area contributed by atoms with Gasteiger partial charge in [0.1, 0.15) is 0 Å². The average molecular weight is 231 g/mol. The van der Waals surface area contributed by atoms with Gasteiger partial charge in [-0.05, 0) is 31.7 Å². The Morgan fingerprint density at radius 2 is 1.93 bits per heavy atom. The molecule has 0 heterocycles. The van der Waals surface area contributed by atoms with Crippen LogP contribution >= 0.6 is 0 Å². The van der Waals surface area contributed by atoms with Gasteiger partial charge in [-0.1, -0.05) is 19.3 Å². The minimum Gasteiger partial charge on any atom is -0.313 e. The number of hydrogen-bond acceptors (Lipinski definition) is 3. The van der Waals surface area contributed by atoms with E-state index in [1.807, 2.05) is 0 Å². The monoisotopic (exact) mass is 231 g/mol. The molecule has 2 unspecified atom stereocenters. The van der Waals surface area contributed by atoms with Gasteiger partial charge in [0.2, 0.25) is 0 Å². The molecule has 2 saturated carbocycles. The maximum atomic E-state index is 11.5. The third-order valence-electron chi connectivity index (χ3n) is 3.66. The molecule has 0 aromatic carbocycles. The Kier molecular flexibility index (Phi) is 3.36. The predicted octanol–water partition coefficient (Wildman–Crippen LogP) is 1.34. The van der Waals surface area contributed by atoms with E-state index in [4.69, 9.17) is 0 Å². The molecule has 2 fully saturated rings. The Bertz CT molecular complexity index is 309. The molecule has 2 aliphatic rings. The fourth-order valence-electron chi connectivity index (χ4n) is 2.55. The molecule has 2 aliphatic carbocycles. The van der Waals surface area contributed by atoms with Crippen LogP contribution in [-0.4, -0.2) is 32.5 Å². The van der Waals surface area contributed by atoms with Gasteiger partial charge in [-0.25, -0.2) is 8.42 Å². The van der Waals surface area contributed by atoms with Gasteiger partial charge in [-0.15, -0.1) is 0 Å². The van der Waals surface area contributed by atoms with Crippen molar-refractivity contribution in [1.29, 1.82) is 0 Å². The molecule has 3 nitrogen and oxygen atoms in total. The molecule has 0 bridgehead atoms. The highest BCUT2D eigenvalue weighted by Crippen LogP contribution is 2.32. The minimum atomic E-state index is -2.85. The number of nitrogens with one attached hydrogen (secondary N) is 1. The highest BCUT2D eigenvalue weighted by atomic mass is 32.2. The second-order valence-corrected chi connectivity index (χ2v) is 7.36. The summed E-state index contributed by atoms with van der Waals surface area (Å²) in [4.78, 5) is 0. The van der Waals surface area contributed by atoms with Crippen LogP contribution in [0.4, 0.5) is 0 Å². The van der Waals surface area contributed by atoms with E-state index in [0.717, 1.165) is 31.7 Å². The van der Waals surface area contributed by atoms with Gasteiger partial charge in [0.25, 0.3) is 0 Å². The topological polar surface area (TPSA) is 46.2 Å². The lowest BCUT2D eigenvalue weighted by molar-refractivity contribution is 0.492. The zero-order valence-corrected chi connectivity index (χ0v) is 10.2. The molecule has 2 rings (SSSR count). The van der Waals surface area contributed by atoms with E-state index in [9.17, 15) is 8.42 Å². The summed E-state index contributed by atoms with van der Waals surface area (Å²) in [7, 11) is -2.85. The molecular formula is C11H21NO2S. The van der Waals surface area contributed by atoms with Crippen molar-refractivity contribution >= 4 is 9.84 Å². The second kappa shape index (κ2) is 4.42. The minimum absolute atomic E-state index is 0.128. The smallest absolute Gasteiger partial charge is 0.151 e. The van der Waals surface area contributed by atoms with Crippen LogP contribution in [-0.2, 0) is 9.84 Å². The largest absolute Gasteiger partial charge is 0.313 e. The second-order valence-electron chi connectivity index (χ2n) is 5.09. The van der Waals surface area contributed by atoms with E-state index in [0.29, 0.717) is 0 Å². The highest BCUT2D eigenvalue weighted by molar-refractivity contribution is 7.91. The van der Waals surface area contributed by atoms with Crippen molar-refractivity contribution in [3.63, 3.8) is 0 Å². The first-order valence-electron chi connectivity index (χ1n) is 5.99. The summed E-state index contributed by atoms with van der Waals surface area (Å²) in [6, 6.07) is 0.221. The van der Waals surface area contributed by atoms with Crippen molar-refractivity contribution in [2.75, 3.05) is 12.8 Å². The average Bonchev–Trinajstić information content (AvgIpc) is 2.80. The molecule has 0 amide bonds. The van der Waals surface area contributed by atoms with E-state index >= 15 is 0 Å². The maximum Gasteiger partial charge on any atom is 0.151 e. The molecule has 2 atom stereocenters. The molecule has 4 heteroatoms. The Morgan fingerprint density at radius 1 is 1.20 bits per heavy atom. The van der Waals surface area contributed by atoms with Crippen LogP contribution in [0, 0.1) is 5.92 Å². The van der Waals surface area contributed by atoms with E-state index in [2.05, 4.69) is 5.32 Å². The van der Waals surface area contributed by atoms with Gasteiger partial charge < -0.3 is 5.32 Å². The SMILES string of the molecule is CS(=O)(=O)C1CCCC1NCCC1CC1. The summed E-state index contributed by atoms with van der Waals surface area (Å²) in [5.74, 6) is 0.926. The number of rotatable bonds is 5. The van der Waals surface area contributed by atoms with Crippen LogP contribution in [0.2, 0.25) is 0 Å². The van der Waals surface area contributed by atoms with Crippen molar-refractivity contribution in [3.05, 3.63) is 0 Å². The molecule has 0 aromatic heterocycles. The Hall–Kier alpha value is -0.0900. The lowest BCUT2D eigenvalue weighted by Crippen LogP contribution is -2.40. The summed E-state index contributed by atoms with van der Waals surface area (Å²) in [6.45, 7) is 1.00. The van der Waals surface area contributed by atoms with E-state index in [1.54, 1.807) is 0 Å². The van der Waals surface area contributed by atoms with Crippen LogP contribution in [0.1, 0.15) is 38.5 Å². The fourth-order valence-corrected chi connectivity index (χ4v) is 3.98. The van der Waals surface area contributed by atoms with Gasteiger partial charge in [0.05, 0.1) is 5.25 Å². The molecule has 15 heavy (non-hydrogen) atoms. The number of hydrogen-bond donors (Lipinski definition) is 1. The van der Waals surface area contributed by atoms with Gasteiger partial charge in [-0.2, -0.15) is 0 Å². The van der Waals surface area contributed by atoms with Crippen LogP contribution in [0.25, 0.3) is 0 Å². The van der Waals surface area contributed by atoms with Crippen molar-refractivity contribution in [2.24, 2.45) is 5.92 Å². The van der Waals surface area contributed by atoms with Crippen molar-refractivity contribution in [2.45, 2.75) is 49.8 Å². The van der Waals surface area contributed by atoms with Gasteiger partial charge in [0, 0.05) is 12.3 Å². The van der Waals surface area contributed by atoms with Crippen LogP contribution in [0.5, 0.6) is 0 Å². The summed E-state index contributed by atoms with van der Waals surface area (Å²) in [5.41, 5.74) is 0. The van der Waals surface area contributed by atoms with Crippen molar-refractivity contribution < 1.29 is 8.42 Å². The van der Waals surface area contributed by atoms with E-state index in [1.165, 1.54) is 25.5 Å². The maximum absolute atomic E-state index is 11.5. The van der Waals surface area contributed by atoms with Crippen LogP contribution < -0.4 is 5.32 Å². The van der Waals surface area contributed by atoms with Gasteiger partial charge in [-0.3, -0.25) is 0 Å². The lowest BCUT2D eigenvalue weighted by Gasteiger charge is -2.19. The first kappa shape index (κ1) is 11.4. The Morgan fingerprint density at radius 3 is 2.53 bits per heavy atom. The zero-order valence-electron chi connectivity index (χ0n) is 9.41. The van der Waals surface area contributed by atoms with E-state index in [-0.39, 0.29) is 11.3 Å². The normalized spacial score (nSPS) is 32.1. The summed E-state index contributed by atoms with van der Waals surface area (Å²) in [5, 5.41) is 3.30. The molecule has 1 N–H and O–H groups in total. The van der Waals surface area contributed by atoms with Crippen molar-refractivity contribution in [3.8, 4) is 0 Å². The molecule has 0 radical (unpaired) electrons. The molecular weight excluding hydrogens is 210 g/mol. The third kappa shape index (κ3) is 3.18. The van der Waals surface area contributed by atoms with Crippen LogP contribution in [0.15, 0.2) is 0 Å². The van der Waals surface area contributed by atoms with E-state index < -0.39 is 9.84 Å². The molecule has 88 valence electrons. The van der Waals surface area contributed by atoms with Crippen molar-refractivity contribution in [1.82, 2.24) is 5.32 Å². The fraction of sp³-hybridized carbons (Fsp3) is 1.00. The van der Waals surface area contributed by atoms with Gasteiger partial charge in [0.15, 0.2) is 9.84 Å². The molecule has 0 spiro atoms. The predicted molar refractivity (Wildman–Crippen MR) is 61.6 cm³/mol. The molecule has 0 aliphatic heterocycles. The Labute approximate surface area is 92.6 Å². The lowest BCUT2D eigenvalue weighted by atomic mass is 10.2. The Balaban J connectivity index is 1.79. The third-order valence-corrected chi connectivity index (χ3v) is 5.32. The molecule has 0 aromatic rings.